The van der Waals surface area contributed by atoms with Gasteiger partial charge in [-0.05, 0) is 19.3 Å². The number of rotatable bonds is 11. The molecule has 0 radical (unpaired) electrons. The van der Waals surface area contributed by atoms with Crippen LogP contribution in [0, 0.1) is 0 Å². The summed E-state index contributed by atoms with van der Waals surface area (Å²) < 4.78 is 23.7. The van der Waals surface area contributed by atoms with Gasteiger partial charge in [-0.1, -0.05) is 20.8 Å². The minimum Gasteiger partial charge on any atom is -0.307 e. The number of hydrogen-bond donors (Lipinski definition) is 0. The fraction of sp³-hybridized carbons (Fsp3) is 1.00. The van der Waals surface area contributed by atoms with Crippen LogP contribution in [-0.4, -0.2) is 35.5 Å². The maximum atomic E-state index is 12.8. The highest BCUT2D eigenvalue weighted by Crippen LogP contribution is 2.55. The molecule has 3 nitrogen and oxygen atoms in total. The molecule has 0 N–H and O–H groups in total. The molecule has 0 amide bonds. The second-order valence-electron chi connectivity index (χ2n) is 4.36. The molecule has 0 saturated heterocycles. The Morgan fingerprint density at radius 3 is 1.63 bits per heavy atom. The van der Waals surface area contributed by atoms with Crippen LogP contribution in [0.1, 0.15) is 40.0 Å². The molecule has 0 aliphatic carbocycles. The largest absolute Gasteiger partial charge is 0.335 e. The van der Waals surface area contributed by atoms with Gasteiger partial charge in [-0.15, -0.1) is 34.8 Å². The predicted molar refractivity (Wildman–Crippen MR) is 84.2 cm³/mol. The summed E-state index contributed by atoms with van der Waals surface area (Å²) in [5.74, 6) is 0.228. The average Bonchev–Trinajstić information content (AvgIpc) is 2.43. The highest BCUT2D eigenvalue weighted by atomic mass is 35.5. The Labute approximate surface area is 131 Å². The van der Waals surface area contributed by atoms with Gasteiger partial charge in [-0.3, -0.25) is 4.57 Å². The van der Waals surface area contributed by atoms with Crippen molar-refractivity contribution in [2.24, 2.45) is 0 Å². The monoisotopic (exact) mass is 352 g/mol. The molecule has 0 saturated carbocycles. The highest BCUT2D eigenvalue weighted by Gasteiger charge is 2.35. The van der Waals surface area contributed by atoms with Gasteiger partial charge < -0.3 is 9.05 Å². The van der Waals surface area contributed by atoms with Crippen LogP contribution < -0.4 is 0 Å². The zero-order valence-electron chi connectivity index (χ0n) is 11.8. The smallest absolute Gasteiger partial charge is 0.307 e. The van der Waals surface area contributed by atoms with Crippen LogP contribution in [0.25, 0.3) is 0 Å². The SMILES string of the molecule is CC[C@@H](Cl)COP(=O)(OC[C@H](Cl)CC)[C@H](CC)CCl. The third-order valence-electron chi connectivity index (χ3n) is 2.85. The zero-order chi connectivity index (χ0) is 14.9. The molecule has 0 bridgehead atoms. The molecule has 3 atom stereocenters. The highest BCUT2D eigenvalue weighted by molar-refractivity contribution is 7.54. The first kappa shape index (κ1) is 20.0. The lowest BCUT2D eigenvalue weighted by atomic mass is 10.4. The summed E-state index contributed by atoms with van der Waals surface area (Å²) in [6.07, 6.45) is 2.11. The normalized spacial score (nSPS) is 17.2. The van der Waals surface area contributed by atoms with E-state index < -0.39 is 7.60 Å². The van der Waals surface area contributed by atoms with E-state index in [-0.39, 0.29) is 35.5 Å². The summed E-state index contributed by atoms with van der Waals surface area (Å²) in [6.45, 7) is 6.18. The first-order valence-corrected chi connectivity index (χ1v) is 9.68. The second-order valence-corrected chi connectivity index (χ2v) is 8.23. The van der Waals surface area contributed by atoms with E-state index in [9.17, 15) is 4.57 Å². The van der Waals surface area contributed by atoms with Crippen molar-refractivity contribution >= 4 is 42.4 Å². The Hall–Kier alpha value is 1.02. The Balaban J connectivity index is 4.66. The van der Waals surface area contributed by atoms with Crippen molar-refractivity contribution in [1.29, 1.82) is 0 Å². The van der Waals surface area contributed by atoms with Gasteiger partial charge in [0.15, 0.2) is 0 Å². The van der Waals surface area contributed by atoms with Crippen LogP contribution in [0.15, 0.2) is 0 Å². The zero-order valence-corrected chi connectivity index (χ0v) is 14.9. The van der Waals surface area contributed by atoms with Crippen LogP contribution in [0.4, 0.5) is 0 Å². The lowest BCUT2D eigenvalue weighted by Gasteiger charge is -2.26. The molecular formula is C12H24Cl3O3P. The molecule has 0 unspecified atom stereocenters. The predicted octanol–water partition coefficient (Wildman–Crippen LogP) is 5.26. The van der Waals surface area contributed by atoms with Gasteiger partial charge in [0.2, 0.25) is 0 Å². The Morgan fingerprint density at radius 1 is 0.947 bits per heavy atom. The fourth-order valence-corrected chi connectivity index (χ4v) is 4.19. The van der Waals surface area contributed by atoms with E-state index in [0.717, 1.165) is 12.8 Å². The van der Waals surface area contributed by atoms with Crippen molar-refractivity contribution in [2.75, 3.05) is 19.1 Å². The summed E-state index contributed by atoms with van der Waals surface area (Å²) in [4.78, 5) is 0. The summed E-state index contributed by atoms with van der Waals surface area (Å²) in [6, 6.07) is 0. The molecular weight excluding hydrogens is 329 g/mol. The molecule has 0 fully saturated rings. The summed E-state index contributed by atoms with van der Waals surface area (Å²) in [5, 5.41) is -0.356. The lowest BCUT2D eigenvalue weighted by Crippen LogP contribution is -2.19. The standard InChI is InChI=1S/C12H24Cl3O3P/c1-4-10(14)8-17-19(16,12(6-3)7-13)18-9-11(15)5-2/h10-12H,4-9H2,1-3H3/t10-,11-,12-/m1/s1. The molecule has 0 spiro atoms. The molecule has 0 aliphatic rings. The van der Waals surface area contributed by atoms with Crippen LogP contribution in [0.2, 0.25) is 0 Å². The first-order valence-electron chi connectivity index (χ1n) is 6.66. The number of halogens is 3. The topological polar surface area (TPSA) is 35.5 Å². The van der Waals surface area contributed by atoms with E-state index in [2.05, 4.69) is 0 Å². The summed E-state index contributed by atoms with van der Waals surface area (Å²) in [5.41, 5.74) is -0.324. The van der Waals surface area contributed by atoms with E-state index in [1.165, 1.54) is 0 Å². The third-order valence-corrected chi connectivity index (χ3v) is 6.77. The van der Waals surface area contributed by atoms with Gasteiger partial charge in [0.25, 0.3) is 0 Å². The quantitative estimate of drug-likeness (QED) is 0.375. The maximum absolute atomic E-state index is 12.8. The van der Waals surface area contributed by atoms with Gasteiger partial charge in [0.1, 0.15) is 0 Å². The van der Waals surface area contributed by atoms with E-state index in [4.69, 9.17) is 43.9 Å². The van der Waals surface area contributed by atoms with Crippen molar-refractivity contribution in [2.45, 2.75) is 56.4 Å². The Morgan fingerprint density at radius 2 is 1.37 bits per heavy atom. The van der Waals surface area contributed by atoms with Crippen LogP contribution in [-0.2, 0) is 13.6 Å². The molecule has 116 valence electrons. The molecule has 7 heteroatoms. The van der Waals surface area contributed by atoms with Crippen molar-refractivity contribution in [3.8, 4) is 0 Å². The average molecular weight is 354 g/mol. The lowest BCUT2D eigenvalue weighted by molar-refractivity contribution is 0.195. The summed E-state index contributed by atoms with van der Waals surface area (Å²) in [7, 11) is -3.26. The van der Waals surface area contributed by atoms with Gasteiger partial charge in [0, 0.05) is 5.88 Å². The van der Waals surface area contributed by atoms with Crippen LogP contribution in [0.3, 0.4) is 0 Å². The summed E-state index contributed by atoms with van der Waals surface area (Å²) >= 11 is 17.8. The maximum Gasteiger partial charge on any atom is 0.335 e. The van der Waals surface area contributed by atoms with Crippen molar-refractivity contribution in [3.63, 3.8) is 0 Å². The Kier molecular flexibility index (Phi) is 11.3. The van der Waals surface area contributed by atoms with Gasteiger partial charge in [0.05, 0.1) is 29.6 Å². The van der Waals surface area contributed by atoms with Crippen LogP contribution in [0.5, 0.6) is 0 Å². The van der Waals surface area contributed by atoms with E-state index in [1.807, 2.05) is 20.8 Å². The van der Waals surface area contributed by atoms with E-state index in [1.54, 1.807) is 0 Å². The van der Waals surface area contributed by atoms with Gasteiger partial charge in [-0.2, -0.15) is 0 Å². The Bertz CT molecular complexity index is 257. The molecule has 0 aliphatic heterocycles. The molecule has 0 rings (SSSR count). The minimum atomic E-state index is -3.26. The van der Waals surface area contributed by atoms with Crippen molar-refractivity contribution in [3.05, 3.63) is 0 Å². The molecule has 0 aromatic heterocycles. The van der Waals surface area contributed by atoms with Gasteiger partial charge in [-0.25, -0.2) is 0 Å². The number of alkyl halides is 3. The fourth-order valence-electron chi connectivity index (χ4n) is 1.27. The molecule has 0 aromatic carbocycles. The van der Waals surface area contributed by atoms with Gasteiger partial charge >= 0.3 is 7.60 Å². The third kappa shape index (κ3) is 7.55. The number of hydrogen-bond acceptors (Lipinski definition) is 3. The van der Waals surface area contributed by atoms with Crippen LogP contribution >= 0.6 is 42.4 Å². The van der Waals surface area contributed by atoms with Crippen molar-refractivity contribution < 1.29 is 13.6 Å². The minimum absolute atomic E-state index is 0.178. The van der Waals surface area contributed by atoms with Crippen molar-refractivity contribution in [1.82, 2.24) is 0 Å². The molecule has 0 aromatic rings. The second kappa shape index (κ2) is 10.7. The molecule has 0 heterocycles. The molecule has 19 heavy (non-hydrogen) atoms. The van der Waals surface area contributed by atoms with E-state index >= 15 is 0 Å². The first-order chi connectivity index (χ1) is 8.93. The van der Waals surface area contributed by atoms with E-state index in [0.29, 0.717) is 6.42 Å².